The average molecular weight is 550 g/mol. The predicted octanol–water partition coefficient (Wildman–Crippen LogP) is 4.70. The Balaban J connectivity index is 2.10. The van der Waals surface area contributed by atoms with E-state index in [0.717, 1.165) is 9.87 Å². The van der Waals surface area contributed by atoms with Gasteiger partial charge in [0.25, 0.3) is 5.54 Å². The van der Waals surface area contributed by atoms with Crippen LogP contribution in [0.25, 0.3) is 5.57 Å². The molecular weight excluding hydrogens is 518 g/mol. The van der Waals surface area contributed by atoms with Gasteiger partial charge in [0.1, 0.15) is 5.75 Å². The first-order valence-electron chi connectivity index (χ1n) is 12.6. The highest BCUT2D eigenvalue weighted by molar-refractivity contribution is 7.89. The minimum atomic E-state index is -4.49. The maximum atomic E-state index is 14.5. The van der Waals surface area contributed by atoms with Crippen LogP contribution >= 0.6 is 0 Å². The fourth-order valence-electron chi connectivity index (χ4n) is 4.74. The standard InChI is InChI=1S/C30H31NO7S/c1-5-37-28(32)30(29(33)38-6-2)26(22-14-16-24(36-4)17-15-22)20-27(23-10-8-7-9-11-23)31(30)39(34,35)25-18-12-21(3)13-19-25/h7-20,27H,5-6H2,1-4H3. The third kappa shape index (κ3) is 4.95. The molecule has 39 heavy (non-hydrogen) atoms. The second-order valence-corrected chi connectivity index (χ2v) is 10.7. The van der Waals surface area contributed by atoms with Gasteiger partial charge < -0.3 is 14.2 Å². The number of aryl methyl sites for hydroxylation is 1. The van der Waals surface area contributed by atoms with Gasteiger partial charge in [-0.15, -0.1) is 0 Å². The van der Waals surface area contributed by atoms with Crippen LogP contribution in [0.4, 0.5) is 0 Å². The molecule has 0 N–H and O–H groups in total. The molecule has 4 rings (SSSR count). The first-order valence-corrected chi connectivity index (χ1v) is 14.0. The SMILES string of the molecule is CCOC(=O)C1(C(=O)OCC)C(c2ccc(OC)cc2)=CC(c2ccccc2)N1S(=O)(=O)c1ccc(C)cc1. The fraction of sp³-hybridized carbons (Fsp3) is 0.267. The molecule has 1 atom stereocenters. The average Bonchev–Trinajstić information content (AvgIpc) is 3.32. The Morgan fingerprint density at radius 3 is 1.92 bits per heavy atom. The lowest BCUT2D eigenvalue weighted by Gasteiger charge is -2.38. The van der Waals surface area contributed by atoms with Crippen LogP contribution in [0.15, 0.2) is 89.8 Å². The lowest BCUT2D eigenvalue weighted by atomic mass is 9.86. The summed E-state index contributed by atoms with van der Waals surface area (Å²) >= 11 is 0. The van der Waals surface area contributed by atoms with Gasteiger partial charge in [-0.2, -0.15) is 4.31 Å². The summed E-state index contributed by atoms with van der Waals surface area (Å²) < 4.78 is 46.1. The molecule has 0 radical (unpaired) electrons. The quantitative estimate of drug-likeness (QED) is 0.282. The van der Waals surface area contributed by atoms with E-state index in [1.165, 1.54) is 19.2 Å². The van der Waals surface area contributed by atoms with Crippen LogP contribution in [0, 0.1) is 6.92 Å². The Morgan fingerprint density at radius 1 is 0.846 bits per heavy atom. The highest BCUT2D eigenvalue weighted by Crippen LogP contribution is 2.51. The lowest BCUT2D eigenvalue weighted by Crippen LogP contribution is -2.61. The highest BCUT2D eigenvalue weighted by Gasteiger charge is 2.66. The molecule has 8 nitrogen and oxygen atoms in total. The van der Waals surface area contributed by atoms with Crippen LogP contribution in [0.3, 0.4) is 0 Å². The Hall–Kier alpha value is -3.95. The van der Waals surface area contributed by atoms with Gasteiger partial charge in [-0.3, -0.25) is 0 Å². The summed E-state index contributed by atoms with van der Waals surface area (Å²) in [7, 11) is -2.97. The van der Waals surface area contributed by atoms with Gasteiger partial charge in [0.15, 0.2) is 0 Å². The van der Waals surface area contributed by atoms with Crippen molar-refractivity contribution in [3.8, 4) is 5.75 Å². The summed E-state index contributed by atoms with van der Waals surface area (Å²) in [4.78, 5) is 28.0. The lowest BCUT2D eigenvalue weighted by molar-refractivity contribution is -0.166. The van der Waals surface area contributed by atoms with Crippen molar-refractivity contribution in [2.24, 2.45) is 0 Å². The first kappa shape index (κ1) is 28.1. The number of hydrogen-bond donors (Lipinski definition) is 0. The van der Waals surface area contributed by atoms with E-state index < -0.39 is 33.5 Å². The molecule has 9 heteroatoms. The van der Waals surface area contributed by atoms with Crippen LogP contribution in [0.5, 0.6) is 5.75 Å². The van der Waals surface area contributed by atoms with Gasteiger partial charge in [-0.05, 0) is 56.2 Å². The van der Waals surface area contributed by atoms with Crippen molar-refractivity contribution < 1.29 is 32.2 Å². The number of esters is 2. The molecule has 1 heterocycles. The van der Waals surface area contributed by atoms with Crippen LogP contribution in [-0.2, 0) is 29.1 Å². The van der Waals surface area contributed by atoms with E-state index in [2.05, 4.69) is 0 Å². The Bertz CT molecular complexity index is 1450. The fourth-order valence-corrected chi connectivity index (χ4v) is 6.54. The van der Waals surface area contributed by atoms with Crippen molar-refractivity contribution in [3.63, 3.8) is 0 Å². The normalized spacial score (nSPS) is 16.8. The van der Waals surface area contributed by atoms with Crippen LogP contribution in [-0.4, -0.2) is 50.5 Å². The van der Waals surface area contributed by atoms with Crippen LogP contribution in [0.2, 0.25) is 0 Å². The van der Waals surface area contributed by atoms with Crippen molar-refractivity contribution in [1.29, 1.82) is 0 Å². The molecule has 3 aromatic rings. The topological polar surface area (TPSA) is 99.2 Å². The maximum absolute atomic E-state index is 14.5. The third-order valence-corrected chi connectivity index (χ3v) is 8.45. The summed E-state index contributed by atoms with van der Waals surface area (Å²) in [6, 6.07) is 20.7. The molecule has 1 aliphatic heterocycles. The number of benzene rings is 3. The van der Waals surface area contributed by atoms with Gasteiger partial charge in [0.2, 0.25) is 10.0 Å². The number of hydrogen-bond acceptors (Lipinski definition) is 7. The molecule has 204 valence electrons. The molecule has 0 spiro atoms. The zero-order chi connectivity index (χ0) is 28.2. The molecule has 3 aromatic carbocycles. The van der Waals surface area contributed by atoms with Gasteiger partial charge in [-0.1, -0.05) is 66.2 Å². The molecule has 1 unspecified atom stereocenters. The van der Waals surface area contributed by atoms with Crippen molar-refractivity contribution in [3.05, 3.63) is 102 Å². The van der Waals surface area contributed by atoms with Crippen molar-refractivity contribution >= 4 is 27.5 Å². The number of methoxy groups -OCH3 is 1. The largest absolute Gasteiger partial charge is 0.497 e. The molecular formula is C30H31NO7S. The number of rotatable bonds is 9. The summed E-state index contributed by atoms with van der Waals surface area (Å²) in [5, 5.41) is 0. The number of carbonyl (C=O) groups is 2. The molecule has 1 aliphatic rings. The van der Waals surface area contributed by atoms with Crippen molar-refractivity contribution in [2.75, 3.05) is 20.3 Å². The van der Waals surface area contributed by atoms with E-state index in [4.69, 9.17) is 14.2 Å². The molecule has 0 saturated heterocycles. The molecule has 0 saturated carbocycles. The van der Waals surface area contributed by atoms with E-state index in [0.29, 0.717) is 16.9 Å². The maximum Gasteiger partial charge on any atom is 0.344 e. The van der Waals surface area contributed by atoms with E-state index >= 15 is 0 Å². The van der Waals surface area contributed by atoms with Gasteiger partial charge in [0, 0.05) is 5.57 Å². The summed E-state index contributed by atoms with van der Waals surface area (Å²) in [5.74, 6) is -1.53. The molecule has 0 amide bonds. The molecule has 0 fully saturated rings. The zero-order valence-corrected chi connectivity index (χ0v) is 23.1. The Morgan fingerprint density at radius 2 is 1.41 bits per heavy atom. The van der Waals surface area contributed by atoms with Crippen LogP contribution in [0.1, 0.15) is 36.6 Å². The summed E-state index contributed by atoms with van der Waals surface area (Å²) in [6.45, 7) is 4.87. The number of sulfonamides is 1. The van der Waals surface area contributed by atoms with Gasteiger partial charge >= 0.3 is 11.9 Å². The highest BCUT2D eigenvalue weighted by atomic mass is 32.2. The van der Waals surface area contributed by atoms with E-state index in [-0.39, 0.29) is 23.7 Å². The number of nitrogens with zero attached hydrogens (tertiary/aromatic N) is 1. The monoisotopic (exact) mass is 549 g/mol. The molecule has 0 aliphatic carbocycles. The first-order chi connectivity index (χ1) is 18.7. The van der Waals surface area contributed by atoms with Gasteiger partial charge in [-0.25, -0.2) is 18.0 Å². The number of carbonyl (C=O) groups excluding carboxylic acids is 2. The number of ether oxygens (including phenoxy) is 3. The smallest absolute Gasteiger partial charge is 0.344 e. The minimum Gasteiger partial charge on any atom is -0.497 e. The molecule has 0 aromatic heterocycles. The van der Waals surface area contributed by atoms with Crippen LogP contribution < -0.4 is 4.74 Å². The van der Waals surface area contributed by atoms with Gasteiger partial charge in [0.05, 0.1) is 31.3 Å². The second kappa shape index (κ2) is 11.4. The Labute approximate surface area is 228 Å². The Kier molecular flexibility index (Phi) is 8.22. The van der Waals surface area contributed by atoms with E-state index in [1.807, 2.05) is 6.92 Å². The van der Waals surface area contributed by atoms with E-state index in [1.54, 1.807) is 86.7 Å². The molecule has 0 bridgehead atoms. The summed E-state index contributed by atoms with van der Waals surface area (Å²) in [5.41, 5.74) is -0.444. The zero-order valence-electron chi connectivity index (χ0n) is 22.3. The third-order valence-electron chi connectivity index (χ3n) is 6.56. The van der Waals surface area contributed by atoms with Crippen molar-refractivity contribution in [2.45, 2.75) is 37.2 Å². The second-order valence-electron chi connectivity index (χ2n) is 8.93. The van der Waals surface area contributed by atoms with E-state index in [9.17, 15) is 18.0 Å². The minimum absolute atomic E-state index is 0.0728. The van der Waals surface area contributed by atoms with Crippen molar-refractivity contribution in [1.82, 2.24) is 4.31 Å². The summed E-state index contributed by atoms with van der Waals surface area (Å²) in [6.07, 6.45) is 1.62. The predicted molar refractivity (Wildman–Crippen MR) is 146 cm³/mol.